The summed E-state index contributed by atoms with van der Waals surface area (Å²) < 4.78 is 4.53. The first-order chi connectivity index (χ1) is 7.27. The van der Waals surface area contributed by atoms with Crippen LogP contribution in [0.4, 0.5) is 0 Å². The van der Waals surface area contributed by atoms with Crippen LogP contribution in [0.5, 0.6) is 0 Å². The predicted octanol–water partition coefficient (Wildman–Crippen LogP) is 3.36. The molecule has 0 unspecified atom stereocenters. The van der Waals surface area contributed by atoms with E-state index in [0.717, 1.165) is 0 Å². The van der Waals surface area contributed by atoms with Crippen LogP contribution in [-0.4, -0.2) is 24.8 Å². The van der Waals surface area contributed by atoms with Gasteiger partial charge in [0.05, 0.1) is 13.0 Å². The van der Waals surface area contributed by atoms with Gasteiger partial charge in [-0.05, 0) is 17.8 Å². The Balaban J connectivity index is -0.000000224. The summed E-state index contributed by atoms with van der Waals surface area (Å²) in [6.07, 6.45) is 0. The molecule has 0 saturated heterocycles. The second kappa shape index (κ2) is 11.9. The minimum atomic E-state index is -0.120. The highest BCUT2D eigenvalue weighted by atomic mass is 16.5. The van der Waals surface area contributed by atoms with E-state index in [1.54, 1.807) is 0 Å². The van der Waals surface area contributed by atoms with E-state index in [2.05, 4.69) is 18.6 Å². The molecular formula is C14H32O3. The lowest BCUT2D eigenvalue weighted by molar-refractivity contribution is -0.146. The summed E-state index contributed by atoms with van der Waals surface area (Å²) in [7, 11) is 1.42. The number of methoxy groups -OCH3 is 1. The molecule has 1 N–H and O–H groups in total. The molecular weight excluding hydrogens is 216 g/mol. The normalized spacial score (nSPS) is 13.3. The van der Waals surface area contributed by atoms with Crippen LogP contribution < -0.4 is 0 Å². The van der Waals surface area contributed by atoms with Crippen LogP contribution in [0.1, 0.15) is 49.0 Å². The molecule has 0 bridgehead atoms. The number of hydrogen-bond donors (Lipinski definition) is 1. The van der Waals surface area contributed by atoms with Gasteiger partial charge in [0, 0.05) is 6.61 Å². The molecule has 0 rings (SSSR count). The molecule has 3 nitrogen and oxygen atoms in total. The molecule has 0 aromatic carbocycles. The molecule has 0 aromatic heterocycles. The van der Waals surface area contributed by atoms with Gasteiger partial charge in [-0.2, -0.15) is 0 Å². The number of carbonyl (C=O) groups is 1. The van der Waals surface area contributed by atoms with Crippen molar-refractivity contribution in [3.8, 4) is 0 Å². The number of rotatable bonds is 4. The largest absolute Gasteiger partial charge is 0.469 e. The molecule has 17 heavy (non-hydrogen) atoms. The molecule has 3 heteroatoms. The highest BCUT2D eigenvalue weighted by Crippen LogP contribution is 2.10. The lowest BCUT2D eigenvalue weighted by Crippen LogP contribution is -2.17. The fourth-order valence-electron chi connectivity index (χ4n) is 0.669. The van der Waals surface area contributed by atoms with Crippen molar-refractivity contribution in [3.05, 3.63) is 0 Å². The van der Waals surface area contributed by atoms with Gasteiger partial charge in [0.25, 0.3) is 0 Å². The Morgan fingerprint density at radius 2 is 1.47 bits per heavy atom. The van der Waals surface area contributed by atoms with Gasteiger partial charge in [-0.25, -0.2) is 0 Å². The standard InChI is InChI=1S/C7H14O2.C6H14O.CH4/c1-5(2)6(3)7(8)9-4;1-5(2)6(3)4-7;/h5-6H,1-4H3;5-7H,4H2,1-3H3;1H4/t2*6-;/m01./s1. The monoisotopic (exact) mass is 248 g/mol. The van der Waals surface area contributed by atoms with E-state index in [-0.39, 0.29) is 19.3 Å². The second-order valence-corrected chi connectivity index (χ2v) is 4.96. The maximum absolute atomic E-state index is 10.7. The minimum absolute atomic E-state index is 0. The smallest absolute Gasteiger partial charge is 0.308 e. The third kappa shape index (κ3) is 11.7. The molecule has 0 aliphatic rings. The Morgan fingerprint density at radius 1 is 1.06 bits per heavy atom. The van der Waals surface area contributed by atoms with Gasteiger partial charge in [-0.1, -0.05) is 49.0 Å². The number of aliphatic hydroxyl groups excluding tert-OH is 1. The molecule has 0 heterocycles. The lowest BCUT2D eigenvalue weighted by Gasteiger charge is -2.11. The summed E-state index contributed by atoms with van der Waals surface area (Å²) in [5, 5.41) is 8.51. The average Bonchev–Trinajstić information content (AvgIpc) is 2.26. The van der Waals surface area contributed by atoms with E-state index >= 15 is 0 Å². The number of esters is 1. The van der Waals surface area contributed by atoms with Crippen LogP contribution >= 0.6 is 0 Å². The maximum atomic E-state index is 10.7. The zero-order valence-electron chi connectivity index (χ0n) is 11.8. The van der Waals surface area contributed by atoms with E-state index < -0.39 is 0 Å². The van der Waals surface area contributed by atoms with E-state index in [9.17, 15) is 4.79 Å². The highest BCUT2D eigenvalue weighted by molar-refractivity contribution is 5.71. The van der Waals surface area contributed by atoms with Crippen LogP contribution in [0.25, 0.3) is 0 Å². The van der Waals surface area contributed by atoms with Crippen molar-refractivity contribution in [2.75, 3.05) is 13.7 Å². The van der Waals surface area contributed by atoms with Gasteiger partial charge < -0.3 is 9.84 Å². The molecule has 106 valence electrons. The van der Waals surface area contributed by atoms with Crippen LogP contribution in [0.3, 0.4) is 0 Å². The maximum Gasteiger partial charge on any atom is 0.308 e. The third-order valence-electron chi connectivity index (χ3n) is 3.00. The molecule has 0 radical (unpaired) electrons. The van der Waals surface area contributed by atoms with E-state index in [1.165, 1.54) is 7.11 Å². The Hall–Kier alpha value is -0.570. The number of ether oxygens (including phenoxy) is 1. The molecule has 2 atom stereocenters. The van der Waals surface area contributed by atoms with Crippen molar-refractivity contribution < 1.29 is 14.6 Å². The van der Waals surface area contributed by atoms with Crippen LogP contribution in [0.15, 0.2) is 0 Å². The quantitative estimate of drug-likeness (QED) is 0.776. The van der Waals surface area contributed by atoms with Crippen molar-refractivity contribution in [3.63, 3.8) is 0 Å². The molecule has 0 aliphatic heterocycles. The van der Waals surface area contributed by atoms with E-state index in [0.29, 0.717) is 24.4 Å². The first-order valence-electron chi connectivity index (χ1n) is 5.96. The van der Waals surface area contributed by atoms with Gasteiger partial charge in [0.1, 0.15) is 0 Å². The first kappa shape index (κ1) is 21.7. The summed E-state index contributed by atoms with van der Waals surface area (Å²) >= 11 is 0. The summed E-state index contributed by atoms with van der Waals surface area (Å²) in [6, 6.07) is 0. The summed E-state index contributed by atoms with van der Waals surface area (Å²) in [5.41, 5.74) is 0. The fourth-order valence-corrected chi connectivity index (χ4v) is 0.669. The van der Waals surface area contributed by atoms with Gasteiger partial charge in [-0.3, -0.25) is 4.79 Å². The molecule has 0 spiro atoms. The van der Waals surface area contributed by atoms with Crippen LogP contribution in [-0.2, 0) is 9.53 Å². The number of aliphatic hydroxyl groups is 1. The van der Waals surface area contributed by atoms with Crippen molar-refractivity contribution >= 4 is 5.97 Å². The van der Waals surface area contributed by atoms with Gasteiger partial charge in [-0.15, -0.1) is 0 Å². The fraction of sp³-hybridized carbons (Fsp3) is 0.929. The van der Waals surface area contributed by atoms with Crippen molar-refractivity contribution in [1.29, 1.82) is 0 Å². The Kier molecular flexibility index (Phi) is 15.2. The zero-order chi connectivity index (χ0) is 13.3. The summed E-state index contributed by atoms with van der Waals surface area (Å²) in [6.45, 7) is 12.5. The van der Waals surface area contributed by atoms with Crippen molar-refractivity contribution in [1.82, 2.24) is 0 Å². The Labute approximate surface area is 108 Å². The SMILES string of the molecule is C.CC(C)[C@H](C)CO.COC(=O)[C@@H](C)C(C)C. The highest BCUT2D eigenvalue weighted by Gasteiger charge is 2.15. The lowest BCUT2D eigenvalue weighted by atomic mass is 9.99. The minimum Gasteiger partial charge on any atom is -0.469 e. The molecule has 0 aliphatic carbocycles. The zero-order valence-corrected chi connectivity index (χ0v) is 11.8. The Bertz CT molecular complexity index is 176. The molecule has 0 amide bonds. The average molecular weight is 248 g/mol. The van der Waals surface area contributed by atoms with Crippen LogP contribution in [0.2, 0.25) is 0 Å². The molecule has 0 aromatic rings. The van der Waals surface area contributed by atoms with Crippen LogP contribution in [0, 0.1) is 23.7 Å². The van der Waals surface area contributed by atoms with Crippen molar-refractivity contribution in [2.24, 2.45) is 23.7 Å². The third-order valence-corrected chi connectivity index (χ3v) is 3.00. The van der Waals surface area contributed by atoms with E-state index in [4.69, 9.17) is 5.11 Å². The van der Waals surface area contributed by atoms with Gasteiger partial charge >= 0.3 is 5.97 Å². The predicted molar refractivity (Wildman–Crippen MR) is 73.8 cm³/mol. The summed E-state index contributed by atoms with van der Waals surface area (Å²) in [5.74, 6) is 1.35. The second-order valence-electron chi connectivity index (χ2n) is 4.96. The first-order valence-corrected chi connectivity index (χ1v) is 5.96. The number of hydrogen-bond acceptors (Lipinski definition) is 3. The topological polar surface area (TPSA) is 46.5 Å². The van der Waals surface area contributed by atoms with Gasteiger partial charge in [0.15, 0.2) is 0 Å². The van der Waals surface area contributed by atoms with Crippen molar-refractivity contribution in [2.45, 2.75) is 49.0 Å². The van der Waals surface area contributed by atoms with Gasteiger partial charge in [0.2, 0.25) is 0 Å². The summed E-state index contributed by atoms with van der Waals surface area (Å²) in [4.78, 5) is 10.7. The Morgan fingerprint density at radius 3 is 1.53 bits per heavy atom. The molecule has 0 fully saturated rings. The van der Waals surface area contributed by atoms with E-state index in [1.807, 2.05) is 27.7 Å². The molecule has 0 saturated carbocycles. The number of carbonyl (C=O) groups excluding carboxylic acids is 1.